The van der Waals surface area contributed by atoms with Crippen LogP contribution >= 0.6 is 0 Å². The van der Waals surface area contributed by atoms with Gasteiger partial charge in [-0.1, -0.05) is 26.7 Å². The molecular formula is C20H31F9N4O6S2. The van der Waals surface area contributed by atoms with Gasteiger partial charge < -0.3 is 9.11 Å². The Morgan fingerprint density at radius 3 is 1.59 bits per heavy atom. The number of aromatic nitrogens is 4. The quantitative estimate of drug-likeness (QED) is 0.164. The summed E-state index contributed by atoms with van der Waals surface area (Å²) in [5.41, 5.74) is -11.8. The second kappa shape index (κ2) is 16.3. The molecule has 2 aromatic heterocycles. The third kappa shape index (κ3) is 16.0. The molecule has 0 aliphatic carbocycles. The molecule has 2 heterocycles. The molecule has 0 atom stereocenters. The molecule has 0 saturated heterocycles. The van der Waals surface area contributed by atoms with Crippen LogP contribution in [0, 0.1) is 6.92 Å². The molecule has 242 valence electrons. The summed E-state index contributed by atoms with van der Waals surface area (Å²) in [4.78, 5) is 5.13. The van der Waals surface area contributed by atoms with Crippen molar-refractivity contribution in [3.63, 3.8) is 0 Å². The summed E-state index contributed by atoms with van der Waals surface area (Å²) < 4.78 is 159. The van der Waals surface area contributed by atoms with Gasteiger partial charge in [-0.2, -0.15) is 39.5 Å². The zero-order valence-electron chi connectivity index (χ0n) is 22.5. The maximum atomic E-state index is 12.4. The lowest BCUT2D eigenvalue weighted by Gasteiger charge is -2.08. The van der Waals surface area contributed by atoms with E-state index in [9.17, 15) is 39.5 Å². The molecule has 0 radical (unpaired) electrons. The molecule has 0 bridgehead atoms. The van der Waals surface area contributed by atoms with E-state index in [0.717, 1.165) is 19.3 Å². The van der Waals surface area contributed by atoms with Crippen LogP contribution in [0.2, 0.25) is 0 Å². The highest BCUT2D eigenvalue weighted by Crippen LogP contribution is 2.28. The second-order valence-electron chi connectivity index (χ2n) is 8.17. The SMILES string of the molecule is CCCCCc1[nH]c(C)c(C(F)(F)F)[nH+]1.CCCc1n(C)cc[n+]1C.O=S(=O)([O-])C(F)(F)F.O=S(=O)([O-])C(F)(F)F. The molecule has 2 rings (SSSR count). The van der Waals surface area contributed by atoms with E-state index in [0.29, 0.717) is 12.2 Å². The first-order chi connectivity index (χ1) is 18.2. The molecule has 0 aliphatic rings. The number of nitrogens with one attached hydrogen (secondary N) is 2. The molecule has 41 heavy (non-hydrogen) atoms. The van der Waals surface area contributed by atoms with Crippen molar-refractivity contribution in [2.24, 2.45) is 14.1 Å². The van der Waals surface area contributed by atoms with Gasteiger partial charge in [0.25, 0.3) is 11.6 Å². The fraction of sp³-hybridized carbons (Fsp3) is 0.700. The molecule has 10 nitrogen and oxygen atoms in total. The predicted molar refractivity (Wildman–Crippen MR) is 122 cm³/mol. The first-order valence-electron chi connectivity index (χ1n) is 11.4. The smallest absolute Gasteiger partial charge is 0.485 e. The van der Waals surface area contributed by atoms with Crippen LogP contribution in [0.4, 0.5) is 39.5 Å². The number of hydrogen-bond donors (Lipinski definition) is 1. The highest BCUT2D eigenvalue weighted by atomic mass is 32.2. The van der Waals surface area contributed by atoms with E-state index < -0.39 is 43.1 Å². The Hall–Kier alpha value is -2.39. The lowest BCUT2D eigenvalue weighted by molar-refractivity contribution is -0.678. The molecule has 2 aromatic rings. The molecule has 0 amide bonds. The van der Waals surface area contributed by atoms with E-state index in [2.05, 4.69) is 59.4 Å². The predicted octanol–water partition coefficient (Wildman–Crippen LogP) is 3.79. The third-order valence-corrected chi connectivity index (χ3v) is 5.81. The van der Waals surface area contributed by atoms with Crippen LogP contribution in [-0.4, -0.2) is 46.5 Å². The van der Waals surface area contributed by atoms with Crippen LogP contribution in [0.5, 0.6) is 0 Å². The molecule has 0 unspecified atom stereocenters. The van der Waals surface area contributed by atoms with Crippen LogP contribution in [0.3, 0.4) is 0 Å². The largest absolute Gasteiger partial charge is 0.741 e. The number of imidazole rings is 2. The van der Waals surface area contributed by atoms with Crippen LogP contribution in [0.1, 0.15) is 62.6 Å². The van der Waals surface area contributed by atoms with Crippen LogP contribution in [0.25, 0.3) is 0 Å². The topological polar surface area (TPSA) is 153 Å². The highest BCUT2D eigenvalue weighted by molar-refractivity contribution is 7.86. The van der Waals surface area contributed by atoms with Crippen molar-refractivity contribution in [2.75, 3.05) is 0 Å². The zero-order chi connectivity index (χ0) is 33.0. The number of aryl methyl sites for hydroxylation is 4. The fourth-order valence-corrected chi connectivity index (χ4v) is 2.72. The van der Waals surface area contributed by atoms with Crippen molar-refractivity contribution in [2.45, 2.75) is 76.5 Å². The molecule has 0 aromatic carbocycles. The van der Waals surface area contributed by atoms with Crippen LogP contribution in [0.15, 0.2) is 12.4 Å². The first kappa shape index (κ1) is 40.7. The minimum atomic E-state index is -6.09. The summed E-state index contributed by atoms with van der Waals surface area (Å²) in [6, 6.07) is 0. The Balaban J connectivity index is 0. The summed E-state index contributed by atoms with van der Waals surface area (Å²) in [6.07, 6.45) is 5.92. The van der Waals surface area contributed by atoms with Crippen molar-refractivity contribution in [3.8, 4) is 0 Å². The Bertz CT molecular complexity index is 1210. The Kier molecular flexibility index (Phi) is 16.2. The normalized spacial score (nSPS) is 12.4. The van der Waals surface area contributed by atoms with E-state index in [1.807, 2.05) is 0 Å². The van der Waals surface area contributed by atoms with Crippen LogP contribution < -0.4 is 9.55 Å². The van der Waals surface area contributed by atoms with Gasteiger partial charge >= 0.3 is 17.2 Å². The van der Waals surface area contributed by atoms with E-state index in [1.54, 1.807) is 0 Å². The first-order valence-corrected chi connectivity index (χ1v) is 14.2. The number of unbranched alkanes of at least 4 members (excludes halogenated alkanes) is 2. The summed E-state index contributed by atoms with van der Waals surface area (Å²) in [7, 11) is -8.00. The van der Waals surface area contributed by atoms with Gasteiger partial charge in [0.2, 0.25) is 5.69 Å². The Morgan fingerprint density at radius 2 is 1.32 bits per heavy atom. The van der Waals surface area contributed by atoms with Gasteiger partial charge in [0.15, 0.2) is 20.2 Å². The van der Waals surface area contributed by atoms with E-state index in [4.69, 9.17) is 25.9 Å². The van der Waals surface area contributed by atoms with Gasteiger partial charge in [0, 0.05) is 19.8 Å². The molecule has 21 heteroatoms. The van der Waals surface area contributed by atoms with Gasteiger partial charge in [0.05, 0.1) is 14.1 Å². The number of rotatable bonds is 6. The molecule has 2 N–H and O–H groups in total. The number of alkyl halides is 9. The standard InChI is InChI=1S/C10H15F3N2.C8H15N2.2CHF3O3S/c1-3-4-5-6-8-14-7(2)9(15-8)10(11,12)13;1-4-5-8-9(2)6-7-10(8)3;2*2-1(3,4)8(5,6)7/h3-6H2,1-2H3,(H,14,15);6-7H,4-5H2,1-3H3;2*(H,5,6,7)/q;+1;;/p-1. The maximum absolute atomic E-state index is 12.4. The van der Waals surface area contributed by atoms with Gasteiger partial charge in [-0.05, 0) is 12.8 Å². The summed E-state index contributed by atoms with van der Waals surface area (Å²) >= 11 is 0. The number of H-pyrrole nitrogens is 2. The molecule has 0 spiro atoms. The minimum Gasteiger partial charge on any atom is -0.741 e. The Morgan fingerprint density at radius 1 is 0.878 bits per heavy atom. The van der Waals surface area contributed by atoms with Crippen molar-refractivity contribution in [1.29, 1.82) is 0 Å². The van der Waals surface area contributed by atoms with Crippen molar-refractivity contribution in [3.05, 3.63) is 35.4 Å². The summed E-state index contributed by atoms with van der Waals surface area (Å²) in [6.45, 7) is 5.69. The molecule has 0 aliphatic heterocycles. The third-order valence-electron chi connectivity index (χ3n) is 4.67. The second-order valence-corrected chi connectivity index (χ2v) is 10.9. The monoisotopic (exact) mass is 658 g/mol. The summed E-state index contributed by atoms with van der Waals surface area (Å²) in [5.74, 6) is 1.95. The van der Waals surface area contributed by atoms with Gasteiger partial charge in [-0.3, -0.25) is 0 Å². The lowest BCUT2D eigenvalue weighted by atomic mass is 10.2. The average Bonchev–Trinajstić information content (AvgIpc) is 3.29. The van der Waals surface area contributed by atoms with Crippen molar-refractivity contribution >= 4 is 20.2 Å². The highest BCUT2D eigenvalue weighted by Gasteiger charge is 2.40. The van der Waals surface area contributed by atoms with E-state index >= 15 is 0 Å². The molecular weight excluding hydrogens is 627 g/mol. The average molecular weight is 659 g/mol. The Labute approximate surface area is 231 Å². The van der Waals surface area contributed by atoms with Gasteiger partial charge in [-0.15, -0.1) is 0 Å². The molecule has 0 fully saturated rings. The fourth-order valence-electron chi connectivity index (χ4n) is 2.72. The van der Waals surface area contributed by atoms with Gasteiger partial charge in [0.1, 0.15) is 18.1 Å². The van der Waals surface area contributed by atoms with Gasteiger partial charge in [-0.25, -0.2) is 35.9 Å². The number of hydrogen-bond acceptors (Lipinski definition) is 6. The maximum Gasteiger partial charge on any atom is 0.485 e. The number of halogens is 9. The van der Waals surface area contributed by atoms with Crippen LogP contribution in [-0.2, 0) is 53.3 Å². The van der Waals surface area contributed by atoms with Crippen molar-refractivity contribution in [1.82, 2.24) is 9.55 Å². The number of aromatic amines is 2. The lowest BCUT2D eigenvalue weighted by Crippen LogP contribution is -2.31. The van der Waals surface area contributed by atoms with E-state index in [-0.39, 0.29) is 5.69 Å². The number of nitrogens with zero attached hydrogens (tertiary/aromatic N) is 2. The summed E-state index contributed by atoms with van der Waals surface area (Å²) in [5, 5.41) is 0. The van der Waals surface area contributed by atoms with E-state index in [1.165, 1.54) is 25.6 Å². The van der Waals surface area contributed by atoms with Crippen molar-refractivity contribution < 1.29 is 75.0 Å². The zero-order valence-corrected chi connectivity index (χ0v) is 24.1. The molecule has 0 saturated carbocycles. The minimum absolute atomic E-state index is 0.161.